The monoisotopic (exact) mass is 1060 g/mol. The van der Waals surface area contributed by atoms with Crippen molar-refractivity contribution >= 4 is 5.91 Å². The van der Waals surface area contributed by atoms with Gasteiger partial charge in [-0.15, -0.1) is 0 Å². The first-order valence-corrected chi connectivity index (χ1v) is 31.9. The lowest BCUT2D eigenvalue weighted by Crippen LogP contribution is -2.60. The largest absolute Gasteiger partial charge is 0.394 e. The predicted molar refractivity (Wildman–Crippen MR) is 312 cm³/mol. The van der Waals surface area contributed by atoms with Crippen molar-refractivity contribution in [2.24, 2.45) is 0 Å². The third kappa shape index (κ3) is 41.1. The average Bonchev–Trinajstić information content (AvgIpc) is 3.41. The van der Waals surface area contributed by atoms with Gasteiger partial charge in [0.1, 0.15) is 36.6 Å². The van der Waals surface area contributed by atoms with Gasteiger partial charge in [0.05, 0.1) is 25.4 Å². The number of allylic oxidation sites excluding steroid dienone is 6. The Kier molecular flexibility index (Phi) is 50.4. The summed E-state index contributed by atoms with van der Waals surface area (Å²) in [5.41, 5.74) is 0. The highest BCUT2D eigenvalue weighted by atomic mass is 16.7. The second-order valence-electron chi connectivity index (χ2n) is 22.5. The zero-order valence-corrected chi connectivity index (χ0v) is 48.5. The second-order valence-corrected chi connectivity index (χ2v) is 22.5. The first-order chi connectivity index (χ1) is 36.7. The Balaban J connectivity index is 2.25. The number of aliphatic hydroxyl groups is 7. The van der Waals surface area contributed by atoms with Crippen LogP contribution in [-0.2, 0) is 14.3 Å². The molecule has 1 saturated heterocycles. The molecular weight excluding hydrogens is 943 g/mol. The molecule has 11 nitrogen and oxygen atoms in total. The van der Waals surface area contributed by atoms with Crippen LogP contribution in [0.3, 0.4) is 0 Å². The van der Waals surface area contributed by atoms with Gasteiger partial charge in [-0.1, -0.05) is 269 Å². The number of ether oxygens (including phenoxy) is 2. The number of rotatable bonds is 55. The molecule has 0 spiro atoms. The molecule has 1 heterocycles. The molecule has 1 fully saturated rings. The van der Waals surface area contributed by atoms with E-state index in [1.807, 2.05) is 0 Å². The topological polar surface area (TPSA) is 189 Å². The fourth-order valence-corrected chi connectivity index (χ4v) is 10.2. The third-order valence-electron chi connectivity index (χ3n) is 15.4. The molecule has 0 aromatic rings. The first kappa shape index (κ1) is 71.3. The van der Waals surface area contributed by atoms with Crippen LogP contribution in [0.5, 0.6) is 0 Å². The van der Waals surface area contributed by atoms with Crippen LogP contribution in [0.15, 0.2) is 36.5 Å². The molecule has 442 valence electrons. The van der Waals surface area contributed by atoms with E-state index in [4.69, 9.17) is 9.47 Å². The molecule has 9 atom stereocenters. The maximum atomic E-state index is 13.2. The zero-order chi connectivity index (χ0) is 54.7. The molecule has 0 bridgehead atoms. The van der Waals surface area contributed by atoms with Gasteiger partial charge in [0.25, 0.3) is 0 Å². The van der Waals surface area contributed by atoms with E-state index in [0.29, 0.717) is 19.3 Å². The van der Waals surface area contributed by atoms with Gasteiger partial charge in [0, 0.05) is 0 Å². The number of amides is 1. The van der Waals surface area contributed by atoms with E-state index in [0.717, 1.165) is 44.9 Å². The molecule has 0 aromatic heterocycles. The number of carbonyl (C=O) groups is 1. The van der Waals surface area contributed by atoms with Gasteiger partial charge in [0.2, 0.25) is 5.91 Å². The number of unbranched alkanes of at least 4 members (excludes halogenated alkanes) is 37. The van der Waals surface area contributed by atoms with Crippen molar-refractivity contribution in [3.05, 3.63) is 36.5 Å². The lowest BCUT2D eigenvalue weighted by molar-refractivity contribution is -0.303. The van der Waals surface area contributed by atoms with E-state index in [1.165, 1.54) is 205 Å². The minimum atomic E-state index is -1.67. The Morgan fingerprint density at radius 2 is 0.800 bits per heavy atom. The fraction of sp³-hybridized carbons (Fsp3) is 0.891. The summed E-state index contributed by atoms with van der Waals surface area (Å²) in [5, 5.41) is 76.2. The molecule has 0 aliphatic carbocycles. The second kappa shape index (κ2) is 53.0. The summed E-state index contributed by atoms with van der Waals surface area (Å²) in [4.78, 5) is 13.2. The van der Waals surface area contributed by atoms with Gasteiger partial charge in [-0.2, -0.15) is 0 Å². The number of hydrogen-bond acceptors (Lipinski definition) is 10. The Morgan fingerprint density at radius 3 is 1.19 bits per heavy atom. The van der Waals surface area contributed by atoms with Crippen LogP contribution in [0.2, 0.25) is 0 Å². The molecule has 9 unspecified atom stereocenters. The molecule has 1 aliphatic rings. The van der Waals surface area contributed by atoms with Crippen LogP contribution in [0.25, 0.3) is 0 Å². The van der Waals surface area contributed by atoms with Crippen LogP contribution in [0.1, 0.15) is 296 Å². The number of carbonyl (C=O) groups excluding carboxylic acids is 1. The quantitative estimate of drug-likeness (QED) is 0.0215. The summed E-state index contributed by atoms with van der Waals surface area (Å²) in [7, 11) is 0. The molecule has 11 heteroatoms. The summed E-state index contributed by atoms with van der Waals surface area (Å²) in [6.45, 7) is 3.46. The lowest BCUT2D eigenvalue weighted by Gasteiger charge is -2.40. The maximum Gasteiger partial charge on any atom is 0.249 e. The summed E-state index contributed by atoms with van der Waals surface area (Å²) in [6.07, 6.45) is 55.0. The highest BCUT2D eigenvalue weighted by molar-refractivity contribution is 5.80. The van der Waals surface area contributed by atoms with Gasteiger partial charge in [-0.25, -0.2) is 0 Å². The van der Waals surface area contributed by atoms with Crippen molar-refractivity contribution in [2.45, 2.75) is 351 Å². The van der Waals surface area contributed by atoms with Crippen LogP contribution >= 0.6 is 0 Å². The van der Waals surface area contributed by atoms with Crippen molar-refractivity contribution in [2.75, 3.05) is 13.2 Å². The fourth-order valence-electron chi connectivity index (χ4n) is 10.2. The average molecular weight is 1060 g/mol. The minimum Gasteiger partial charge on any atom is -0.394 e. The Hall–Kier alpha value is -1.67. The van der Waals surface area contributed by atoms with Crippen LogP contribution in [0.4, 0.5) is 0 Å². The summed E-state index contributed by atoms with van der Waals surface area (Å²) in [6, 6.07) is -1.19. The van der Waals surface area contributed by atoms with Gasteiger partial charge >= 0.3 is 0 Å². The summed E-state index contributed by atoms with van der Waals surface area (Å²) < 4.78 is 11.1. The molecule has 0 saturated carbocycles. The van der Waals surface area contributed by atoms with E-state index in [-0.39, 0.29) is 12.8 Å². The van der Waals surface area contributed by atoms with Crippen molar-refractivity contribution in [1.82, 2.24) is 5.32 Å². The number of nitrogens with one attached hydrogen (secondary N) is 1. The number of aliphatic hydroxyl groups excluding tert-OH is 7. The zero-order valence-electron chi connectivity index (χ0n) is 48.5. The highest BCUT2D eigenvalue weighted by Crippen LogP contribution is 2.23. The molecule has 1 aliphatic heterocycles. The van der Waals surface area contributed by atoms with Crippen molar-refractivity contribution in [3.8, 4) is 0 Å². The first-order valence-electron chi connectivity index (χ1n) is 31.9. The third-order valence-corrected chi connectivity index (χ3v) is 15.4. The van der Waals surface area contributed by atoms with Crippen LogP contribution in [0, 0.1) is 0 Å². The standard InChI is InChI=1S/C64H121NO10/c1-3-5-7-9-11-13-15-17-19-21-23-24-25-26-27-28-29-30-31-32-34-36-38-40-42-44-46-48-50-52-57(68)63(73)65-55(54-74-64-62(72)61(71)60(70)58(53-66)75-64)59(69)56(67)51-49-47-45-43-41-39-37-35-33-22-20-18-16-14-12-10-8-6-4-2/h18,20,35,37,43,45,55-62,64,66-72H,3-17,19,21-34,36,38-42,44,46-54H2,1-2H3,(H,65,73)/b20-18+,37-35+,45-43+. The van der Waals surface area contributed by atoms with E-state index in [9.17, 15) is 40.5 Å². The summed E-state index contributed by atoms with van der Waals surface area (Å²) >= 11 is 0. The number of hydrogen-bond donors (Lipinski definition) is 8. The molecule has 8 N–H and O–H groups in total. The Morgan fingerprint density at radius 1 is 0.453 bits per heavy atom. The van der Waals surface area contributed by atoms with Crippen molar-refractivity contribution in [3.63, 3.8) is 0 Å². The Labute approximate surface area is 460 Å². The van der Waals surface area contributed by atoms with E-state index in [2.05, 4.69) is 55.6 Å². The van der Waals surface area contributed by atoms with Crippen LogP contribution < -0.4 is 5.32 Å². The minimum absolute atomic E-state index is 0.242. The molecular formula is C64H121NO10. The van der Waals surface area contributed by atoms with Crippen molar-refractivity contribution in [1.29, 1.82) is 0 Å². The van der Waals surface area contributed by atoms with Crippen LogP contribution in [-0.4, -0.2) is 110 Å². The van der Waals surface area contributed by atoms with E-state index < -0.39 is 74.2 Å². The lowest BCUT2D eigenvalue weighted by atomic mass is 9.98. The SMILES string of the molecule is CCCCCCCC/C=C/CC/C=C/CC/C=C/CCCC(O)C(O)C(COC1OC(CO)C(O)C(O)C1O)NC(=O)C(O)CCCCCCCCCCCCCCCCCCCCCCCCCCCCCCC. The molecule has 0 radical (unpaired) electrons. The van der Waals surface area contributed by atoms with Gasteiger partial charge < -0.3 is 50.5 Å². The molecule has 0 aromatic carbocycles. The molecule has 1 amide bonds. The predicted octanol–water partition coefficient (Wildman–Crippen LogP) is 14.2. The van der Waals surface area contributed by atoms with E-state index >= 15 is 0 Å². The van der Waals surface area contributed by atoms with Gasteiger partial charge in [-0.3, -0.25) is 4.79 Å². The summed E-state index contributed by atoms with van der Waals surface area (Å²) in [5.74, 6) is -0.708. The maximum absolute atomic E-state index is 13.2. The van der Waals surface area contributed by atoms with Gasteiger partial charge in [0.15, 0.2) is 6.29 Å². The molecule has 1 rings (SSSR count). The van der Waals surface area contributed by atoms with E-state index in [1.54, 1.807) is 0 Å². The smallest absolute Gasteiger partial charge is 0.249 e. The van der Waals surface area contributed by atoms with Gasteiger partial charge in [-0.05, 0) is 64.2 Å². The normalized spacial score (nSPS) is 19.9. The Bertz CT molecular complexity index is 1310. The highest BCUT2D eigenvalue weighted by Gasteiger charge is 2.44. The van der Waals surface area contributed by atoms with Crippen molar-refractivity contribution < 1.29 is 50.0 Å². The molecule has 75 heavy (non-hydrogen) atoms.